The van der Waals surface area contributed by atoms with Gasteiger partial charge in [0, 0.05) is 6.42 Å². The van der Waals surface area contributed by atoms with Gasteiger partial charge in [0.1, 0.15) is 5.76 Å². The second-order valence-electron chi connectivity index (χ2n) is 4.34. The van der Waals surface area contributed by atoms with E-state index in [-0.39, 0.29) is 36.5 Å². The Labute approximate surface area is 107 Å². The van der Waals surface area contributed by atoms with Crippen molar-refractivity contribution in [2.24, 2.45) is 17.8 Å². The summed E-state index contributed by atoms with van der Waals surface area (Å²) in [5.41, 5.74) is -5.44. The monoisotopic (exact) mass is 300 g/mol. The van der Waals surface area contributed by atoms with Crippen molar-refractivity contribution in [3.63, 3.8) is 0 Å². The Morgan fingerprint density at radius 1 is 1.47 bits per heavy atom. The van der Waals surface area contributed by atoms with Crippen molar-refractivity contribution in [2.45, 2.75) is 18.9 Å². The number of rotatable bonds is 4. The van der Waals surface area contributed by atoms with Crippen LogP contribution in [-0.4, -0.2) is 26.5 Å². The lowest BCUT2D eigenvalue weighted by atomic mass is 10.2. The lowest BCUT2D eigenvalue weighted by molar-refractivity contribution is -0.145. The Morgan fingerprint density at radius 2 is 2.11 bits per heavy atom. The maximum absolute atomic E-state index is 12.1. The number of hydrogen-bond donors (Lipinski definition) is 0. The molecule has 2 aliphatic rings. The third kappa shape index (κ3) is 2.56. The summed E-state index contributed by atoms with van der Waals surface area (Å²) in [6, 6.07) is 0. The van der Waals surface area contributed by atoms with E-state index in [0.717, 1.165) is 0 Å². The molecule has 108 valence electrons. The second-order valence-corrected chi connectivity index (χ2v) is 5.88. The van der Waals surface area contributed by atoms with Gasteiger partial charge in [0.2, 0.25) is 0 Å². The summed E-state index contributed by atoms with van der Waals surface area (Å²) in [6.45, 7) is 1.88. The maximum atomic E-state index is 12.1. The molecule has 5 nitrogen and oxygen atoms in total. The predicted molar refractivity (Wildman–Crippen MR) is 55.9 cm³/mol. The average Bonchev–Trinajstić information content (AvgIpc) is 2.75. The van der Waals surface area contributed by atoms with Gasteiger partial charge in [0.15, 0.2) is 0 Å². The molecule has 0 radical (unpaired) electrons. The van der Waals surface area contributed by atoms with Crippen LogP contribution in [0.15, 0.2) is 11.8 Å². The maximum Gasteiger partial charge on any atom is 0.534 e. The first-order chi connectivity index (χ1) is 8.67. The topological polar surface area (TPSA) is 69.7 Å². The fourth-order valence-electron chi connectivity index (χ4n) is 2.23. The highest BCUT2D eigenvalue weighted by Crippen LogP contribution is 2.57. The molecule has 1 saturated carbocycles. The zero-order valence-corrected chi connectivity index (χ0v) is 10.6. The van der Waals surface area contributed by atoms with Crippen molar-refractivity contribution < 1.29 is 35.3 Å². The molecule has 2 rings (SSSR count). The van der Waals surface area contributed by atoms with Gasteiger partial charge in [0.25, 0.3) is 0 Å². The summed E-state index contributed by atoms with van der Waals surface area (Å²) in [5.74, 6) is -1.55. The number of fused-ring (bicyclic) bond motifs is 1. The van der Waals surface area contributed by atoms with E-state index in [1.807, 2.05) is 0 Å². The number of ether oxygens (including phenoxy) is 1. The van der Waals surface area contributed by atoms with Crippen LogP contribution in [0.25, 0.3) is 0 Å². The first-order valence-electron chi connectivity index (χ1n) is 5.55. The molecular weight excluding hydrogens is 289 g/mol. The van der Waals surface area contributed by atoms with Gasteiger partial charge < -0.3 is 8.92 Å². The molecule has 0 aromatic carbocycles. The minimum atomic E-state index is -5.62. The van der Waals surface area contributed by atoms with Gasteiger partial charge in [-0.3, -0.25) is 4.79 Å². The quantitative estimate of drug-likeness (QED) is 0.448. The standard InChI is InChI=1S/C10H11F3O5S/c1-2-17-9(14)8-6-3-5(4-7(6)8)18-19(15,16)10(11,12)13/h3,6-8H,2,4H2,1H3. The number of esters is 1. The van der Waals surface area contributed by atoms with E-state index in [0.29, 0.717) is 0 Å². The summed E-state index contributed by atoms with van der Waals surface area (Å²) in [4.78, 5) is 11.4. The van der Waals surface area contributed by atoms with Crippen LogP contribution in [0.5, 0.6) is 0 Å². The van der Waals surface area contributed by atoms with E-state index in [2.05, 4.69) is 4.18 Å². The Morgan fingerprint density at radius 3 is 2.53 bits per heavy atom. The normalized spacial score (nSPS) is 29.5. The smallest absolute Gasteiger partial charge is 0.466 e. The van der Waals surface area contributed by atoms with Crippen LogP contribution in [0.4, 0.5) is 13.2 Å². The molecule has 19 heavy (non-hydrogen) atoms. The number of alkyl halides is 3. The highest BCUT2D eigenvalue weighted by molar-refractivity contribution is 7.87. The first-order valence-corrected chi connectivity index (χ1v) is 6.96. The molecule has 0 heterocycles. The summed E-state index contributed by atoms with van der Waals surface area (Å²) in [6.07, 6.45) is 1.26. The molecule has 0 bridgehead atoms. The number of carbonyl (C=O) groups is 1. The fraction of sp³-hybridized carbons (Fsp3) is 0.700. The average molecular weight is 300 g/mol. The third-order valence-corrected chi connectivity index (χ3v) is 4.10. The highest BCUT2D eigenvalue weighted by atomic mass is 32.2. The number of halogens is 3. The van der Waals surface area contributed by atoms with Gasteiger partial charge >= 0.3 is 21.6 Å². The predicted octanol–water partition coefficient (Wildman–Crippen LogP) is 1.57. The van der Waals surface area contributed by atoms with Crippen LogP contribution in [0.3, 0.4) is 0 Å². The molecule has 0 aliphatic heterocycles. The second kappa shape index (κ2) is 4.39. The van der Waals surface area contributed by atoms with E-state index in [1.165, 1.54) is 6.08 Å². The third-order valence-electron chi connectivity index (χ3n) is 3.10. The van der Waals surface area contributed by atoms with Crippen molar-refractivity contribution in [3.8, 4) is 0 Å². The SMILES string of the molecule is CCOC(=O)C1C2C=C(OS(=O)(=O)C(F)(F)F)CC21. The minimum Gasteiger partial charge on any atom is -0.466 e. The van der Waals surface area contributed by atoms with Gasteiger partial charge in [-0.05, 0) is 24.8 Å². The number of carbonyl (C=O) groups excluding carboxylic acids is 1. The van der Waals surface area contributed by atoms with Crippen molar-refractivity contribution in [2.75, 3.05) is 6.61 Å². The van der Waals surface area contributed by atoms with E-state index < -0.39 is 21.6 Å². The molecule has 3 atom stereocenters. The van der Waals surface area contributed by atoms with Crippen molar-refractivity contribution >= 4 is 16.1 Å². The van der Waals surface area contributed by atoms with E-state index in [4.69, 9.17) is 4.74 Å². The van der Waals surface area contributed by atoms with Crippen LogP contribution >= 0.6 is 0 Å². The molecule has 0 saturated heterocycles. The molecule has 9 heteroatoms. The van der Waals surface area contributed by atoms with Gasteiger partial charge in [0.05, 0.1) is 12.5 Å². The molecule has 0 aromatic heterocycles. The van der Waals surface area contributed by atoms with Crippen LogP contribution in [0.2, 0.25) is 0 Å². The van der Waals surface area contributed by atoms with Gasteiger partial charge in [-0.1, -0.05) is 0 Å². The summed E-state index contributed by atoms with van der Waals surface area (Å²) in [7, 11) is -5.62. The zero-order chi connectivity index (χ0) is 14.4. The molecule has 0 N–H and O–H groups in total. The molecule has 3 unspecified atom stereocenters. The lowest BCUT2D eigenvalue weighted by Gasteiger charge is -2.11. The minimum absolute atomic E-state index is 0.00343. The first kappa shape index (κ1) is 14.2. The molecule has 2 aliphatic carbocycles. The Balaban J connectivity index is 1.97. The van der Waals surface area contributed by atoms with Crippen LogP contribution in [0.1, 0.15) is 13.3 Å². The van der Waals surface area contributed by atoms with Gasteiger partial charge in [-0.25, -0.2) is 0 Å². The Bertz CT molecular complexity index is 522. The Kier molecular flexibility index (Phi) is 3.28. The summed E-state index contributed by atoms with van der Waals surface area (Å²) >= 11 is 0. The lowest BCUT2D eigenvalue weighted by Crippen LogP contribution is -2.25. The largest absolute Gasteiger partial charge is 0.534 e. The van der Waals surface area contributed by atoms with Crippen molar-refractivity contribution in [1.29, 1.82) is 0 Å². The van der Waals surface area contributed by atoms with Gasteiger partial charge in [-0.15, -0.1) is 0 Å². The summed E-state index contributed by atoms with van der Waals surface area (Å²) in [5, 5.41) is 0. The molecular formula is C10H11F3O5S. The van der Waals surface area contributed by atoms with E-state index in [9.17, 15) is 26.4 Å². The Hall–Kier alpha value is -1.25. The van der Waals surface area contributed by atoms with Crippen LogP contribution in [0, 0.1) is 17.8 Å². The van der Waals surface area contributed by atoms with E-state index >= 15 is 0 Å². The molecule has 0 amide bonds. The highest BCUT2D eigenvalue weighted by Gasteiger charge is 2.59. The molecule has 1 fully saturated rings. The zero-order valence-electron chi connectivity index (χ0n) is 9.81. The van der Waals surface area contributed by atoms with E-state index in [1.54, 1.807) is 6.92 Å². The van der Waals surface area contributed by atoms with Crippen LogP contribution < -0.4 is 0 Å². The van der Waals surface area contributed by atoms with Crippen LogP contribution in [-0.2, 0) is 23.8 Å². The molecule has 0 spiro atoms. The fourth-order valence-corrected chi connectivity index (χ4v) is 2.73. The van der Waals surface area contributed by atoms with Crippen molar-refractivity contribution in [3.05, 3.63) is 11.8 Å². The number of hydrogen-bond acceptors (Lipinski definition) is 5. The van der Waals surface area contributed by atoms with Gasteiger partial charge in [-0.2, -0.15) is 21.6 Å². The van der Waals surface area contributed by atoms with Crippen molar-refractivity contribution in [1.82, 2.24) is 0 Å². The number of allylic oxidation sites excluding steroid dienone is 2. The molecule has 0 aromatic rings. The summed E-state index contributed by atoms with van der Waals surface area (Å²) < 4.78 is 66.6.